The SMILES string of the molecule is CC1CCCC1NCc1cccc([N+](=O)[O-])c1F. The van der Waals surface area contributed by atoms with Crippen LogP contribution in [0.2, 0.25) is 0 Å². The fourth-order valence-electron chi connectivity index (χ4n) is 2.53. The van der Waals surface area contributed by atoms with E-state index in [1.54, 1.807) is 6.07 Å². The predicted octanol–water partition coefficient (Wildman–Crippen LogP) is 3.01. The molecular formula is C13H17FN2O2. The molecular weight excluding hydrogens is 235 g/mol. The van der Waals surface area contributed by atoms with E-state index in [0.717, 1.165) is 6.42 Å². The quantitative estimate of drug-likeness (QED) is 0.662. The van der Waals surface area contributed by atoms with Crippen LogP contribution in [0, 0.1) is 21.8 Å². The Morgan fingerprint density at radius 2 is 2.28 bits per heavy atom. The van der Waals surface area contributed by atoms with Crippen molar-refractivity contribution in [2.45, 2.75) is 38.8 Å². The summed E-state index contributed by atoms with van der Waals surface area (Å²) in [6, 6.07) is 4.70. The van der Waals surface area contributed by atoms with E-state index in [2.05, 4.69) is 12.2 Å². The van der Waals surface area contributed by atoms with Gasteiger partial charge in [0.2, 0.25) is 5.82 Å². The van der Waals surface area contributed by atoms with Crippen LogP contribution < -0.4 is 5.32 Å². The molecule has 1 aromatic carbocycles. The molecule has 0 aliphatic heterocycles. The molecule has 1 aliphatic carbocycles. The lowest BCUT2D eigenvalue weighted by Crippen LogP contribution is -2.30. The minimum Gasteiger partial charge on any atom is -0.310 e. The minimum atomic E-state index is -0.722. The molecule has 2 rings (SSSR count). The van der Waals surface area contributed by atoms with Gasteiger partial charge in [-0.05, 0) is 18.8 Å². The number of halogens is 1. The van der Waals surface area contributed by atoms with Crippen LogP contribution in [0.15, 0.2) is 18.2 Å². The van der Waals surface area contributed by atoms with Gasteiger partial charge in [0, 0.05) is 24.2 Å². The minimum absolute atomic E-state index is 0.350. The molecule has 0 heterocycles. The fourth-order valence-corrected chi connectivity index (χ4v) is 2.53. The number of benzene rings is 1. The van der Waals surface area contributed by atoms with Crippen molar-refractivity contribution in [1.29, 1.82) is 0 Å². The highest BCUT2D eigenvalue weighted by atomic mass is 19.1. The first-order chi connectivity index (χ1) is 8.59. The summed E-state index contributed by atoms with van der Waals surface area (Å²) in [4.78, 5) is 9.95. The van der Waals surface area contributed by atoms with E-state index in [9.17, 15) is 14.5 Å². The second kappa shape index (κ2) is 5.44. The summed E-state index contributed by atoms with van der Waals surface area (Å²) in [5.41, 5.74) is -0.0860. The molecule has 1 saturated carbocycles. The van der Waals surface area contributed by atoms with E-state index in [1.165, 1.54) is 25.0 Å². The van der Waals surface area contributed by atoms with Crippen molar-refractivity contribution in [3.05, 3.63) is 39.7 Å². The second-order valence-electron chi connectivity index (χ2n) is 4.90. The molecule has 98 valence electrons. The molecule has 18 heavy (non-hydrogen) atoms. The van der Waals surface area contributed by atoms with Gasteiger partial charge in [0.05, 0.1) is 4.92 Å². The van der Waals surface area contributed by atoms with Crippen molar-refractivity contribution < 1.29 is 9.31 Å². The Labute approximate surface area is 105 Å². The third-order valence-electron chi connectivity index (χ3n) is 3.67. The smallest absolute Gasteiger partial charge is 0.305 e. The first-order valence-electron chi connectivity index (χ1n) is 6.24. The number of nitro benzene ring substituents is 1. The number of hydrogen-bond acceptors (Lipinski definition) is 3. The maximum absolute atomic E-state index is 13.8. The zero-order valence-electron chi connectivity index (χ0n) is 10.4. The zero-order valence-corrected chi connectivity index (χ0v) is 10.4. The van der Waals surface area contributed by atoms with Crippen LogP contribution in [0.3, 0.4) is 0 Å². The standard InChI is InChI=1S/C13H17FN2O2/c1-9-4-2-6-11(9)15-8-10-5-3-7-12(13(10)14)16(17)18/h3,5,7,9,11,15H,2,4,6,8H2,1H3. The van der Waals surface area contributed by atoms with Gasteiger partial charge in [-0.15, -0.1) is 0 Å². The Hall–Kier alpha value is -1.49. The van der Waals surface area contributed by atoms with Gasteiger partial charge in [0.25, 0.3) is 0 Å². The molecule has 5 heteroatoms. The Morgan fingerprint density at radius 1 is 1.50 bits per heavy atom. The molecule has 0 bridgehead atoms. The van der Waals surface area contributed by atoms with Crippen LogP contribution in [0.4, 0.5) is 10.1 Å². The first kappa shape index (κ1) is 13.0. The van der Waals surface area contributed by atoms with E-state index in [1.807, 2.05) is 0 Å². The van der Waals surface area contributed by atoms with Crippen LogP contribution in [0.1, 0.15) is 31.7 Å². The molecule has 4 nitrogen and oxygen atoms in total. The van der Waals surface area contributed by atoms with Crippen molar-refractivity contribution in [2.24, 2.45) is 5.92 Å². The van der Waals surface area contributed by atoms with Gasteiger partial charge in [0.1, 0.15) is 0 Å². The van der Waals surface area contributed by atoms with E-state index in [-0.39, 0.29) is 0 Å². The van der Waals surface area contributed by atoms with Gasteiger partial charge in [-0.1, -0.05) is 25.5 Å². The van der Waals surface area contributed by atoms with Crippen LogP contribution in [0.5, 0.6) is 0 Å². The Morgan fingerprint density at radius 3 is 2.89 bits per heavy atom. The third kappa shape index (κ3) is 2.67. The zero-order chi connectivity index (χ0) is 13.1. The highest BCUT2D eigenvalue weighted by molar-refractivity contribution is 5.36. The predicted molar refractivity (Wildman–Crippen MR) is 66.7 cm³/mol. The Balaban J connectivity index is 2.05. The molecule has 2 atom stereocenters. The molecule has 2 unspecified atom stereocenters. The second-order valence-corrected chi connectivity index (χ2v) is 4.90. The van der Waals surface area contributed by atoms with Crippen LogP contribution in [0.25, 0.3) is 0 Å². The maximum Gasteiger partial charge on any atom is 0.305 e. The summed E-state index contributed by atoms with van der Waals surface area (Å²) >= 11 is 0. The van der Waals surface area contributed by atoms with Crippen molar-refractivity contribution >= 4 is 5.69 Å². The van der Waals surface area contributed by atoms with Crippen molar-refractivity contribution in [2.75, 3.05) is 0 Å². The maximum atomic E-state index is 13.8. The van der Waals surface area contributed by atoms with Gasteiger partial charge in [-0.2, -0.15) is 4.39 Å². The van der Waals surface area contributed by atoms with E-state index < -0.39 is 16.4 Å². The fraction of sp³-hybridized carbons (Fsp3) is 0.538. The van der Waals surface area contributed by atoms with Crippen molar-refractivity contribution in [3.8, 4) is 0 Å². The normalized spacial score (nSPS) is 23.2. The summed E-state index contributed by atoms with van der Waals surface area (Å²) in [7, 11) is 0. The molecule has 0 aromatic heterocycles. The number of nitrogens with zero attached hydrogens (tertiary/aromatic N) is 1. The van der Waals surface area contributed by atoms with Crippen LogP contribution in [-0.2, 0) is 6.54 Å². The van der Waals surface area contributed by atoms with Gasteiger partial charge in [-0.25, -0.2) is 0 Å². The van der Waals surface area contributed by atoms with E-state index >= 15 is 0 Å². The van der Waals surface area contributed by atoms with Gasteiger partial charge in [-0.3, -0.25) is 10.1 Å². The summed E-state index contributed by atoms with van der Waals surface area (Å²) in [5, 5.41) is 13.9. The average molecular weight is 252 g/mol. The molecule has 0 radical (unpaired) electrons. The van der Waals surface area contributed by atoms with Crippen molar-refractivity contribution in [3.63, 3.8) is 0 Å². The van der Waals surface area contributed by atoms with Crippen LogP contribution >= 0.6 is 0 Å². The third-order valence-corrected chi connectivity index (χ3v) is 3.67. The molecule has 1 aromatic rings. The lowest BCUT2D eigenvalue weighted by atomic mass is 10.1. The number of nitrogens with one attached hydrogen (secondary N) is 1. The molecule has 0 spiro atoms. The summed E-state index contributed by atoms with van der Waals surface area (Å²) in [5.74, 6) is -0.132. The Kier molecular flexibility index (Phi) is 3.91. The van der Waals surface area contributed by atoms with E-state index in [0.29, 0.717) is 24.1 Å². The van der Waals surface area contributed by atoms with E-state index in [4.69, 9.17) is 0 Å². The number of nitro groups is 1. The number of rotatable bonds is 4. The number of hydrogen-bond donors (Lipinski definition) is 1. The van der Waals surface area contributed by atoms with Gasteiger partial charge < -0.3 is 5.32 Å². The molecule has 1 aliphatic rings. The molecule has 1 fully saturated rings. The lowest BCUT2D eigenvalue weighted by Gasteiger charge is -2.17. The average Bonchev–Trinajstić information content (AvgIpc) is 2.73. The van der Waals surface area contributed by atoms with Gasteiger partial charge >= 0.3 is 5.69 Å². The van der Waals surface area contributed by atoms with Crippen molar-refractivity contribution in [1.82, 2.24) is 5.32 Å². The molecule has 0 amide bonds. The first-order valence-corrected chi connectivity index (χ1v) is 6.24. The lowest BCUT2D eigenvalue weighted by molar-refractivity contribution is -0.387. The molecule has 0 saturated heterocycles. The monoisotopic (exact) mass is 252 g/mol. The molecule has 1 N–H and O–H groups in total. The van der Waals surface area contributed by atoms with Gasteiger partial charge in [0.15, 0.2) is 0 Å². The summed E-state index contributed by atoms with van der Waals surface area (Å²) in [6.07, 6.45) is 3.48. The highest BCUT2D eigenvalue weighted by Crippen LogP contribution is 2.26. The highest BCUT2D eigenvalue weighted by Gasteiger charge is 2.23. The summed E-state index contributed by atoms with van der Waals surface area (Å²) in [6.45, 7) is 2.52. The topological polar surface area (TPSA) is 55.2 Å². The van der Waals surface area contributed by atoms with Crippen LogP contribution in [-0.4, -0.2) is 11.0 Å². The Bertz CT molecular complexity index is 451. The summed E-state index contributed by atoms with van der Waals surface area (Å²) < 4.78 is 13.8. The largest absolute Gasteiger partial charge is 0.310 e.